The minimum atomic E-state index is -0.254. The van der Waals surface area contributed by atoms with Crippen molar-refractivity contribution in [3.8, 4) is 0 Å². The highest BCUT2D eigenvalue weighted by atomic mass is 16.4. The van der Waals surface area contributed by atoms with Crippen molar-refractivity contribution in [2.45, 2.75) is 6.92 Å². The fourth-order valence-corrected chi connectivity index (χ4v) is 1.48. The lowest BCUT2D eigenvalue weighted by atomic mass is 10.1. The van der Waals surface area contributed by atoms with Crippen molar-refractivity contribution < 1.29 is 10.0 Å². The van der Waals surface area contributed by atoms with Crippen LogP contribution in [0.3, 0.4) is 0 Å². The number of anilines is 1. The molecule has 0 aliphatic heterocycles. The predicted octanol–water partition coefficient (Wildman–Crippen LogP) is 1.93. The van der Waals surface area contributed by atoms with E-state index in [1.165, 1.54) is 12.4 Å². The van der Waals surface area contributed by atoms with Gasteiger partial charge in [0.1, 0.15) is 0 Å². The Morgan fingerprint density at radius 2 is 1.89 bits per heavy atom. The molecule has 6 heteroatoms. The van der Waals surface area contributed by atoms with Crippen LogP contribution in [0, 0.1) is 0 Å². The van der Waals surface area contributed by atoms with Gasteiger partial charge >= 0.3 is 0 Å². The molecule has 2 N–H and O–H groups in total. The quantitative estimate of drug-likeness (QED) is 0.499. The van der Waals surface area contributed by atoms with Gasteiger partial charge in [0, 0.05) is 5.69 Å². The van der Waals surface area contributed by atoms with Gasteiger partial charge in [-0.1, -0.05) is 17.3 Å². The number of amides is 1. The van der Waals surface area contributed by atoms with Crippen LogP contribution in [-0.2, 0) is 0 Å². The summed E-state index contributed by atoms with van der Waals surface area (Å²) in [5.41, 5.74) is 2.38. The molecule has 0 aliphatic carbocycles. The number of hydrogen-bond donors (Lipinski definition) is 2. The third kappa shape index (κ3) is 3.12. The summed E-state index contributed by atoms with van der Waals surface area (Å²) < 4.78 is 0. The second-order valence-corrected chi connectivity index (χ2v) is 3.85. The SMILES string of the molecule is C/C(=N/O)c1ccc(NC(=O)c2ccnnc2)cc1. The van der Waals surface area contributed by atoms with Crippen LogP contribution in [0.2, 0.25) is 0 Å². The van der Waals surface area contributed by atoms with E-state index in [9.17, 15) is 4.79 Å². The van der Waals surface area contributed by atoms with Crippen LogP contribution in [0.25, 0.3) is 0 Å². The molecule has 6 nitrogen and oxygen atoms in total. The maximum absolute atomic E-state index is 11.8. The monoisotopic (exact) mass is 256 g/mol. The van der Waals surface area contributed by atoms with E-state index < -0.39 is 0 Å². The van der Waals surface area contributed by atoms with Gasteiger partial charge in [-0.25, -0.2) is 0 Å². The molecule has 0 aliphatic rings. The molecule has 2 aromatic rings. The van der Waals surface area contributed by atoms with E-state index in [1.807, 2.05) is 0 Å². The van der Waals surface area contributed by atoms with E-state index in [0.717, 1.165) is 5.56 Å². The summed E-state index contributed by atoms with van der Waals surface area (Å²) in [6.45, 7) is 1.69. The molecule has 96 valence electrons. The second kappa shape index (κ2) is 5.72. The molecule has 2 rings (SSSR count). The zero-order valence-electron chi connectivity index (χ0n) is 10.2. The van der Waals surface area contributed by atoms with Crippen molar-refractivity contribution in [3.05, 3.63) is 53.9 Å². The van der Waals surface area contributed by atoms with Crippen LogP contribution >= 0.6 is 0 Å². The molecular weight excluding hydrogens is 244 g/mol. The lowest BCUT2D eigenvalue weighted by molar-refractivity contribution is 0.102. The van der Waals surface area contributed by atoms with E-state index in [4.69, 9.17) is 5.21 Å². The summed E-state index contributed by atoms with van der Waals surface area (Å²) >= 11 is 0. The van der Waals surface area contributed by atoms with E-state index in [1.54, 1.807) is 37.3 Å². The Labute approximate surface area is 109 Å². The van der Waals surface area contributed by atoms with E-state index in [2.05, 4.69) is 20.7 Å². The summed E-state index contributed by atoms with van der Waals surface area (Å²) in [6.07, 6.45) is 2.85. The molecule has 1 aromatic heterocycles. The summed E-state index contributed by atoms with van der Waals surface area (Å²) in [7, 11) is 0. The van der Waals surface area contributed by atoms with Gasteiger partial charge in [-0.15, -0.1) is 0 Å². The van der Waals surface area contributed by atoms with Crippen LogP contribution in [0.1, 0.15) is 22.8 Å². The number of carbonyl (C=O) groups excluding carboxylic acids is 1. The van der Waals surface area contributed by atoms with E-state index >= 15 is 0 Å². The highest BCUT2D eigenvalue weighted by molar-refractivity contribution is 6.04. The topological polar surface area (TPSA) is 87.5 Å². The van der Waals surface area contributed by atoms with Crippen LogP contribution in [-0.4, -0.2) is 27.0 Å². The number of hydrogen-bond acceptors (Lipinski definition) is 5. The van der Waals surface area contributed by atoms with Crippen LogP contribution in [0.5, 0.6) is 0 Å². The minimum absolute atomic E-state index is 0.254. The molecule has 0 fully saturated rings. The number of oxime groups is 1. The summed E-state index contributed by atoms with van der Waals surface area (Å²) in [4.78, 5) is 11.8. The number of carbonyl (C=O) groups is 1. The summed E-state index contributed by atoms with van der Waals surface area (Å²) in [6, 6.07) is 8.57. The normalized spacial score (nSPS) is 11.1. The molecule has 0 atom stereocenters. The minimum Gasteiger partial charge on any atom is -0.411 e. The molecule has 0 saturated heterocycles. The zero-order valence-corrected chi connectivity index (χ0v) is 10.2. The first-order valence-corrected chi connectivity index (χ1v) is 5.58. The molecule has 0 unspecified atom stereocenters. The lowest BCUT2D eigenvalue weighted by Crippen LogP contribution is -2.12. The maximum Gasteiger partial charge on any atom is 0.257 e. The average Bonchev–Trinajstić information content (AvgIpc) is 2.48. The van der Waals surface area contributed by atoms with Gasteiger partial charge in [0.05, 0.1) is 23.7 Å². The molecule has 0 radical (unpaired) electrons. The molecule has 0 bridgehead atoms. The Morgan fingerprint density at radius 3 is 2.47 bits per heavy atom. The maximum atomic E-state index is 11.8. The van der Waals surface area contributed by atoms with Gasteiger partial charge in [0.25, 0.3) is 5.91 Å². The lowest BCUT2D eigenvalue weighted by Gasteiger charge is -2.05. The number of benzene rings is 1. The van der Waals surface area contributed by atoms with Crippen LogP contribution in [0.4, 0.5) is 5.69 Å². The van der Waals surface area contributed by atoms with Gasteiger partial charge in [0.2, 0.25) is 0 Å². The Hall–Kier alpha value is -2.76. The van der Waals surface area contributed by atoms with Gasteiger partial charge in [0.15, 0.2) is 0 Å². The first-order valence-electron chi connectivity index (χ1n) is 5.58. The van der Waals surface area contributed by atoms with Crippen LogP contribution < -0.4 is 5.32 Å². The number of nitrogens with one attached hydrogen (secondary N) is 1. The number of nitrogens with zero attached hydrogens (tertiary/aromatic N) is 3. The van der Waals surface area contributed by atoms with Crippen LogP contribution in [0.15, 0.2) is 47.9 Å². The van der Waals surface area contributed by atoms with Gasteiger partial charge in [-0.3, -0.25) is 4.79 Å². The first-order chi connectivity index (χ1) is 9.20. The first kappa shape index (κ1) is 12.7. The molecule has 1 aromatic carbocycles. The standard InChI is InChI=1S/C13H12N4O2/c1-9(17-19)10-2-4-12(5-3-10)16-13(18)11-6-7-14-15-8-11/h2-8,19H,1H3,(H,16,18)/b17-9-. The van der Waals surface area contributed by atoms with E-state index in [-0.39, 0.29) is 5.91 Å². The second-order valence-electron chi connectivity index (χ2n) is 3.85. The van der Waals surface area contributed by atoms with Crippen molar-refractivity contribution in [1.82, 2.24) is 10.2 Å². The molecular formula is C13H12N4O2. The Morgan fingerprint density at radius 1 is 1.16 bits per heavy atom. The van der Waals surface area contributed by atoms with Gasteiger partial charge in [-0.2, -0.15) is 10.2 Å². The Bertz CT molecular complexity index is 594. The smallest absolute Gasteiger partial charge is 0.257 e. The zero-order chi connectivity index (χ0) is 13.7. The van der Waals surface area contributed by atoms with Crippen molar-refractivity contribution in [1.29, 1.82) is 0 Å². The average molecular weight is 256 g/mol. The van der Waals surface area contributed by atoms with Crippen molar-refractivity contribution in [3.63, 3.8) is 0 Å². The van der Waals surface area contributed by atoms with Gasteiger partial charge in [-0.05, 0) is 30.7 Å². The summed E-state index contributed by atoms with van der Waals surface area (Å²) in [5.74, 6) is -0.254. The van der Waals surface area contributed by atoms with Gasteiger partial charge < -0.3 is 10.5 Å². The number of rotatable bonds is 3. The molecule has 0 saturated carbocycles. The molecule has 1 amide bonds. The Balaban J connectivity index is 2.10. The van der Waals surface area contributed by atoms with Crippen molar-refractivity contribution in [2.75, 3.05) is 5.32 Å². The molecule has 1 heterocycles. The highest BCUT2D eigenvalue weighted by Crippen LogP contribution is 2.11. The van der Waals surface area contributed by atoms with E-state index in [0.29, 0.717) is 17.0 Å². The van der Waals surface area contributed by atoms with Crippen molar-refractivity contribution >= 4 is 17.3 Å². The third-order valence-electron chi connectivity index (χ3n) is 2.56. The highest BCUT2D eigenvalue weighted by Gasteiger charge is 2.06. The van der Waals surface area contributed by atoms with Crippen molar-refractivity contribution in [2.24, 2.45) is 5.16 Å². The largest absolute Gasteiger partial charge is 0.411 e. The summed E-state index contributed by atoms with van der Waals surface area (Å²) in [5, 5.41) is 21.8. The third-order valence-corrected chi connectivity index (χ3v) is 2.56. The molecule has 0 spiro atoms. The Kier molecular flexibility index (Phi) is 3.82. The predicted molar refractivity (Wildman–Crippen MR) is 70.4 cm³/mol. The fraction of sp³-hybridized carbons (Fsp3) is 0.0769. The fourth-order valence-electron chi connectivity index (χ4n) is 1.48. The number of aromatic nitrogens is 2. The molecule has 19 heavy (non-hydrogen) atoms.